The van der Waals surface area contributed by atoms with Crippen LogP contribution in [0.3, 0.4) is 0 Å². The zero-order valence-corrected chi connectivity index (χ0v) is 8.99. The van der Waals surface area contributed by atoms with Crippen LogP contribution in [0.25, 0.3) is 0 Å². The van der Waals surface area contributed by atoms with Gasteiger partial charge in [-0.05, 0) is 6.07 Å². The molecular formula is C11H11F2N3O. The minimum absolute atomic E-state index is 0.337. The molecule has 0 bridgehead atoms. The first-order valence-corrected chi connectivity index (χ1v) is 5.15. The molecular weight excluding hydrogens is 228 g/mol. The molecule has 90 valence electrons. The molecule has 0 fully saturated rings. The van der Waals surface area contributed by atoms with Crippen LogP contribution < -0.4 is 5.32 Å². The van der Waals surface area contributed by atoms with Gasteiger partial charge < -0.3 is 9.84 Å². The van der Waals surface area contributed by atoms with Crippen molar-refractivity contribution < 1.29 is 13.3 Å². The first-order chi connectivity index (χ1) is 8.25. The molecule has 0 saturated carbocycles. The summed E-state index contributed by atoms with van der Waals surface area (Å²) in [5.41, 5.74) is 0.430. The van der Waals surface area contributed by atoms with Crippen molar-refractivity contribution >= 4 is 0 Å². The fraction of sp³-hybridized carbons (Fsp3) is 0.273. The van der Waals surface area contributed by atoms with Crippen LogP contribution >= 0.6 is 0 Å². The molecule has 17 heavy (non-hydrogen) atoms. The molecule has 1 aromatic carbocycles. The van der Waals surface area contributed by atoms with Crippen molar-refractivity contribution in [1.82, 2.24) is 15.5 Å². The summed E-state index contributed by atoms with van der Waals surface area (Å²) in [6, 6.07) is 3.53. The SMILES string of the molecule is Fc1ccc(CNCCc2ncon2)c(F)c1. The Kier molecular flexibility index (Phi) is 3.77. The van der Waals surface area contributed by atoms with E-state index in [9.17, 15) is 8.78 Å². The van der Waals surface area contributed by atoms with Gasteiger partial charge in [0.25, 0.3) is 0 Å². The molecule has 1 aromatic heterocycles. The van der Waals surface area contributed by atoms with Crippen molar-refractivity contribution in [2.24, 2.45) is 0 Å². The van der Waals surface area contributed by atoms with Gasteiger partial charge in [-0.15, -0.1) is 0 Å². The summed E-state index contributed by atoms with van der Waals surface area (Å²) in [6.07, 6.45) is 1.86. The van der Waals surface area contributed by atoms with E-state index in [1.54, 1.807) is 0 Å². The van der Waals surface area contributed by atoms with E-state index < -0.39 is 11.6 Å². The van der Waals surface area contributed by atoms with Gasteiger partial charge in [0, 0.05) is 31.1 Å². The third kappa shape index (κ3) is 3.32. The lowest BCUT2D eigenvalue weighted by Gasteiger charge is -2.04. The van der Waals surface area contributed by atoms with Crippen LogP contribution in [0.5, 0.6) is 0 Å². The van der Waals surface area contributed by atoms with E-state index in [1.165, 1.54) is 18.5 Å². The Balaban J connectivity index is 1.78. The van der Waals surface area contributed by atoms with Crippen molar-refractivity contribution in [1.29, 1.82) is 0 Å². The quantitative estimate of drug-likeness (QED) is 0.806. The third-order valence-corrected chi connectivity index (χ3v) is 2.26. The van der Waals surface area contributed by atoms with Crippen molar-refractivity contribution in [2.45, 2.75) is 13.0 Å². The van der Waals surface area contributed by atoms with E-state index in [1.807, 2.05) is 0 Å². The number of rotatable bonds is 5. The maximum absolute atomic E-state index is 13.2. The van der Waals surface area contributed by atoms with Gasteiger partial charge in [0.1, 0.15) is 11.6 Å². The maximum Gasteiger partial charge on any atom is 0.213 e. The van der Waals surface area contributed by atoms with Gasteiger partial charge in [-0.3, -0.25) is 0 Å². The van der Waals surface area contributed by atoms with Crippen LogP contribution in [-0.2, 0) is 13.0 Å². The van der Waals surface area contributed by atoms with Gasteiger partial charge in [0.05, 0.1) is 0 Å². The summed E-state index contributed by atoms with van der Waals surface area (Å²) in [5.74, 6) is -0.521. The van der Waals surface area contributed by atoms with Crippen LogP contribution in [0.2, 0.25) is 0 Å². The van der Waals surface area contributed by atoms with Gasteiger partial charge in [-0.25, -0.2) is 8.78 Å². The Bertz CT molecular complexity index is 474. The molecule has 0 aliphatic rings. The fourth-order valence-corrected chi connectivity index (χ4v) is 1.39. The van der Waals surface area contributed by atoms with E-state index in [4.69, 9.17) is 0 Å². The molecule has 4 nitrogen and oxygen atoms in total. The van der Waals surface area contributed by atoms with Crippen LogP contribution in [-0.4, -0.2) is 16.7 Å². The minimum atomic E-state index is -0.571. The Morgan fingerprint density at radius 1 is 1.29 bits per heavy atom. The molecule has 0 atom stereocenters. The number of nitrogens with zero attached hydrogens (tertiary/aromatic N) is 2. The van der Waals surface area contributed by atoms with E-state index in [2.05, 4.69) is 20.0 Å². The molecule has 0 spiro atoms. The predicted molar refractivity (Wildman–Crippen MR) is 56.1 cm³/mol. The van der Waals surface area contributed by atoms with Gasteiger partial charge in [-0.1, -0.05) is 11.2 Å². The molecule has 0 amide bonds. The lowest BCUT2D eigenvalue weighted by molar-refractivity contribution is 0.409. The summed E-state index contributed by atoms with van der Waals surface area (Å²) >= 11 is 0. The Hall–Kier alpha value is -1.82. The largest absolute Gasteiger partial charge is 0.343 e. The minimum Gasteiger partial charge on any atom is -0.343 e. The number of aromatic nitrogens is 2. The molecule has 6 heteroatoms. The predicted octanol–water partition coefficient (Wildman–Crippen LogP) is 1.68. The van der Waals surface area contributed by atoms with E-state index in [0.29, 0.717) is 30.9 Å². The number of hydrogen-bond acceptors (Lipinski definition) is 4. The molecule has 0 aliphatic heterocycles. The van der Waals surface area contributed by atoms with Crippen molar-refractivity contribution in [3.05, 3.63) is 47.6 Å². The summed E-state index contributed by atoms with van der Waals surface area (Å²) in [4.78, 5) is 3.85. The standard InChI is InChI=1S/C11H11F2N3O/c12-9-2-1-8(10(13)5-9)6-14-4-3-11-15-7-17-16-11/h1-2,5,7,14H,3-4,6H2. The smallest absolute Gasteiger partial charge is 0.213 e. The van der Waals surface area contributed by atoms with Gasteiger partial charge in [-0.2, -0.15) is 4.98 Å². The summed E-state index contributed by atoms with van der Waals surface area (Å²) in [7, 11) is 0. The molecule has 0 saturated heterocycles. The van der Waals surface area contributed by atoms with Crippen molar-refractivity contribution in [3.63, 3.8) is 0 Å². The van der Waals surface area contributed by atoms with Crippen LogP contribution in [0.1, 0.15) is 11.4 Å². The lowest BCUT2D eigenvalue weighted by Crippen LogP contribution is -2.18. The molecule has 2 rings (SSSR count). The first-order valence-electron chi connectivity index (χ1n) is 5.15. The number of nitrogens with one attached hydrogen (secondary N) is 1. The third-order valence-electron chi connectivity index (χ3n) is 2.26. The molecule has 0 aliphatic carbocycles. The van der Waals surface area contributed by atoms with E-state index in [-0.39, 0.29) is 0 Å². The zero-order chi connectivity index (χ0) is 12.1. The fourth-order valence-electron chi connectivity index (χ4n) is 1.39. The van der Waals surface area contributed by atoms with Gasteiger partial charge in [0.15, 0.2) is 5.82 Å². The number of benzene rings is 1. The Morgan fingerprint density at radius 2 is 2.18 bits per heavy atom. The molecule has 0 unspecified atom stereocenters. The second-order valence-corrected chi connectivity index (χ2v) is 3.51. The number of halogens is 2. The zero-order valence-electron chi connectivity index (χ0n) is 8.99. The topological polar surface area (TPSA) is 51.0 Å². The molecule has 0 radical (unpaired) electrons. The van der Waals surface area contributed by atoms with Crippen molar-refractivity contribution in [3.8, 4) is 0 Å². The highest BCUT2D eigenvalue weighted by Crippen LogP contribution is 2.08. The highest BCUT2D eigenvalue weighted by atomic mass is 19.1. The van der Waals surface area contributed by atoms with Crippen LogP contribution in [0.15, 0.2) is 29.1 Å². The van der Waals surface area contributed by atoms with Crippen LogP contribution in [0, 0.1) is 11.6 Å². The Labute approximate surface area is 96.6 Å². The van der Waals surface area contributed by atoms with E-state index in [0.717, 1.165) is 6.07 Å². The molecule has 1 N–H and O–H groups in total. The summed E-state index contributed by atoms with van der Waals surface area (Å²) < 4.78 is 30.4. The second kappa shape index (κ2) is 5.49. The van der Waals surface area contributed by atoms with Gasteiger partial charge in [0.2, 0.25) is 6.39 Å². The van der Waals surface area contributed by atoms with Crippen molar-refractivity contribution in [2.75, 3.05) is 6.54 Å². The van der Waals surface area contributed by atoms with E-state index >= 15 is 0 Å². The average Bonchev–Trinajstić information content (AvgIpc) is 2.79. The van der Waals surface area contributed by atoms with Gasteiger partial charge >= 0.3 is 0 Å². The highest BCUT2D eigenvalue weighted by molar-refractivity contribution is 5.18. The maximum atomic E-state index is 13.2. The highest BCUT2D eigenvalue weighted by Gasteiger charge is 2.03. The monoisotopic (exact) mass is 239 g/mol. The summed E-state index contributed by atoms with van der Waals surface area (Å²) in [6.45, 7) is 0.931. The molecule has 1 heterocycles. The second-order valence-electron chi connectivity index (χ2n) is 3.51. The first kappa shape index (κ1) is 11.7. The average molecular weight is 239 g/mol. The normalized spacial score (nSPS) is 10.7. The summed E-state index contributed by atoms with van der Waals surface area (Å²) in [5, 5.41) is 6.66. The van der Waals surface area contributed by atoms with Crippen LogP contribution in [0.4, 0.5) is 8.78 Å². The Morgan fingerprint density at radius 3 is 2.88 bits per heavy atom. The molecule has 2 aromatic rings. The lowest BCUT2D eigenvalue weighted by atomic mass is 10.2. The number of hydrogen-bond donors (Lipinski definition) is 1.